The SMILES string of the molecule is C=C(C)C(N)=O.CC[Si](OC(C)=O)(OC(C)=O)OC(C)=O. The number of amides is 1. The monoisotopic (exact) mass is 319 g/mol. The largest absolute Gasteiger partial charge is 0.704 e. The Labute approximate surface area is 124 Å². The molecule has 1 amide bonds. The third kappa shape index (κ3) is 11.4. The molecule has 0 fully saturated rings. The Balaban J connectivity index is 0. The lowest BCUT2D eigenvalue weighted by atomic mass is 10.3. The Morgan fingerprint density at radius 2 is 1.14 bits per heavy atom. The van der Waals surface area contributed by atoms with Crippen molar-refractivity contribution in [2.24, 2.45) is 5.73 Å². The van der Waals surface area contributed by atoms with E-state index in [2.05, 4.69) is 6.58 Å². The zero-order chi connectivity index (χ0) is 17.2. The van der Waals surface area contributed by atoms with Crippen LogP contribution < -0.4 is 5.73 Å². The summed E-state index contributed by atoms with van der Waals surface area (Å²) in [5.74, 6) is -2.38. The number of carbonyl (C=O) groups is 4. The maximum atomic E-state index is 10.8. The second-order valence-electron chi connectivity index (χ2n) is 3.96. The van der Waals surface area contributed by atoms with E-state index >= 15 is 0 Å². The summed E-state index contributed by atoms with van der Waals surface area (Å²) in [6.07, 6.45) is 0. The van der Waals surface area contributed by atoms with Gasteiger partial charge >= 0.3 is 8.80 Å². The van der Waals surface area contributed by atoms with Crippen LogP contribution in [0.1, 0.15) is 34.6 Å². The molecule has 0 aromatic rings. The van der Waals surface area contributed by atoms with Gasteiger partial charge in [0.2, 0.25) is 5.91 Å². The predicted octanol–water partition coefficient (Wildman–Crippen LogP) is 0.682. The van der Waals surface area contributed by atoms with Gasteiger partial charge < -0.3 is 19.0 Å². The summed E-state index contributed by atoms with van der Waals surface area (Å²) in [4.78, 5) is 42.3. The lowest BCUT2D eigenvalue weighted by molar-refractivity contribution is -0.147. The van der Waals surface area contributed by atoms with Gasteiger partial charge in [-0.2, -0.15) is 0 Å². The molecule has 0 atom stereocenters. The van der Waals surface area contributed by atoms with Crippen LogP contribution in [0, 0.1) is 0 Å². The van der Waals surface area contributed by atoms with Crippen LogP contribution in [0.3, 0.4) is 0 Å². The third-order valence-corrected chi connectivity index (χ3v) is 4.41. The molecular formula is C12H21NO7Si. The van der Waals surface area contributed by atoms with Crippen molar-refractivity contribution in [3.63, 3.8) is 0 Å². The molecule has 0 unspecified atom stereocenters. The molecule has 0 aliphatic heterocycles. The fourth-order valence-electron chi connectivity index (χ4n) is 0.936. The van der Waals surface area contributed by atoms with Gasteiger partial charge in [-0.25, -0.2) is 0 Å². The number of nitrogens with two attached hydrogens (primary N) is 1. The number of hydrogen-bond donors (Lipinski definition) is 1. The highest BCUT2D eigenvalue weighted by molar-refractivity contribution is 6.65. The summed E-state index contributed by atoms with van der Waals surface area (Å²) in [7, 11) is -3.51. The summed E-state index contributed by atoms with van der Waals surface area (Å²) in [6.45, 7) is 9.94. The number of carbonyl (C=O) groups excluding carboxylic acids is 4. The molecule has 0 aliphatic carbocycles. The fraction of sp³-hybridized carbons (Fsp3) is 0.500. The molecule has 120 valence electrons. The molecular weight excluding hydrogens is 298 g/mol. The van der Waals surface area contributed by atoms with Gasteiger partial charge in [0.1, 0.15) is 0 Å². The number of rotatable bonds is 5. The summed E-state index contributed by atoms with van der Waals surface area (Å²) in [5, 5.41) is 0. The van der Waals surface area contributed by atoms with Crippen molar-refractivity contribution in [2.45, 2.75) is 40.7 Å². The van der Waals surface area contributed by atoms with Gasteiger partial charge in [-0.1, -0.05) is 13.5 Å². The van der Waals surface area contributed by atoms with Crippen LogP contribution >= 0.6 is 0 Å². The first kappa shape index (κ1) is 21.1. The summed E-state index contributed by atoms with van der Waals surface area (Å²) in [5.41, 5.74) is 5.09. The van der Waals surface area contributed by atoms with E-state index in [1.165, 1.54) is 0 Å². The highest BCUT2D eigenvalue weighted by atomic mass is 28.4. The highest BCUT2D eigenvalue weighted by Crippen LogP contribution is 2.16. The Kier molecular flexibility index (Phi) is 9.76. The van der Waals surface area contributed by atoms with E-state index in [1.807, 2.05) is 0 Å². The minimum atomic E-state index is -3.51. The van der Waals surface area contributed by atoms with Crippen molar-refractivity contribution in [3.05, 3.63) is 12.2 Å². The van der Waals surface area contributed by atoms with Gasteiger partial charge in [0.25, 0.3) is 17.9 Å². The topological polar surface area (TPSA) is 122 Å². The first-order valence-corrected chi connectivity index (χ1v) is 7.93. The molecule has 21 heavy (non-hydrogen) atoms. The summed E-state index contributed by atoms with van der Waals surface area (Å²) in [6, 6.07) is 0.158. The lowest BCUT2D eigenvalue weighted by Crippen LogP contribution is -2.48. The minimum Gasteiger partial charge on any atom is -0.455 e. The van der Waals surface area contributed by atoms with Crippen LogP contribution in [0.4, 0.5) is 0 Å². The molecule has 0 rings (SSSR count). The van der Waals surface area contributed by atoms with Crippen molar-refractivity contribution in [2.75, 3.05) is 0 Å². The molecule has 0 saturated carbocycles. The lowest BCUT2D eigenvalue weighted by Gasteiger charge is -2.24. The predicted molar refractivity (Wildman–Crippen MR) is 75.5 cm³/mol. The van der Waals surface area contributed by atoms with Gasteiger partial charge in [-0.15, -0.1) is 0 Å². The van der Waals surface area contributed by atoms with Gasteiger partial charge in [-0.05, 0) is 6.92 Å². The maximum Gasteiger partial charge on any atom is 0.704 e. The second kappa shape index (κ2) is 9.70. The Morgan fingerprint density at radius 1 is 0.905 bits per heavy atom. The van der Waals surface area contributed by atoms with Crippen molar-refractivity contribution in [3.8, 4) is 0 Å². The maximum absolute atomic E-state index is 10.8. The molecule has 0 spiro atoms. The first-order valence-electron chi connectivity index (χ1n) is 5.99. The van der Waals surface area contributed by atoms with Crippen LogP contribution in [0.25, 0.3) is 0 Å². The average molecular weight is 319 g/mol. The zero-order valence-electron chi connectivity index (χ0n) is 12.8. The minimum absolute atomic E-state index is 0.158. The van der Waals surface area contributed by atoms with Gasteiger partial charge in [0, 0.05) is 26.3 Å². The van der Waals surface area contributed by atoms with Crippen molar-refractivity contribution in [1.82, 2.24) is 0 Å². The Bertz CT molecular complexity index is 381. The smallest absolute Gasteiger partial charge is 0.455 e. The van der Waals surface area contributed by atoms with Gasteiger partial charge in [0.05, 0.1) is 6.04 Å². The van der Waals surface area contributed by atoms with Crippen molar-refractivity contribution >= 4 is 32.6 Å². The average Bonchev–Trinajstić information content (AvgIpc) is 2.26. The van der Waals surface area contributed by atoms with Gasteiger partial charge in [0.15, 0.2) is 0 Å². The van der Waals surface area contributed by atoms with E-state index in [1.54, 1.807) is 13.8 Å². The standard InChI is InChI=1S/C8H14O6Si.C4H7NO/c1-5-15(12-6(2)9,13-7(3)10)14-8(4)11;1-3(2)4(5)6/h5H2,1-4H3;1H2,2H3,(H2,5,6). The number of primary amides is 1. The van der Waals surface area contributed by atoms with Crippen LogP contribution in [0.2, 0.25) is 6.04 Å². The van der Waals surface area contributed by atoms with E-state index in [0.29, 0.717) is 5.57 Å². The molecule has 2 N–H and O–H groups in total. The van der Waals surface area contributed by atoms with E-state index in [0.717, 1.165) is 20.8 Å². The third-order valence-electron chi connectivity index (χ3n) is 1.75. The summed E-state index contributed by atoms with van der Waals surface area (Å²) >= 11 is 0. The first-order chi connectivity index (χ1) is 9.45. The molecule has 0 heterocycles. The van der Waals surface area contributed by atoms with Crippen molar-refractivity contribution < 1.29 is 32.5 Å². The normalized spacial score (nSPS) is 9.57. The van der Waals surface area contributed by atoms with E-state index in [9.17, 15) is 19.2 Å². The van der Waals surface area contributed by atoms with E-state index in [-0.39, 0.29) is 6.04 Å². The molecule has 8 nitrogen and oxygen atoms in total. The molecule has 0 radical (unpaired) electrons. The van der Waals surface area contributed by atoms with Crippen LogP contribution in [-0.4, -0.2) is 32.6 Å². The Morgan fingerprint density at radius 3 is 1.24 bits per heavy atom. The van der Waals surface area contributed by atoms with E-state index in [4.69, 9.17) is 19.0 Å². The molecule has 9 heteroatoms. The molecule has 0 aliphatic rings. The van der Waals surface area contributed by atoms with Crippen LogP contribution in [0.5, 0.6) is 0 Å². The van der Waals surface area contributed by atoms with Crippen LogP contribution in [-0.2, 0) is 32.5 Å². The zero-order valence-corrected chi connectivity index (χ0v) is 13.8. The van der Waals surface area contributed by atoms with E-state index < -0.39 is 32.6 Å². The summed E-state index contributed by atoms with van der Waals surface area (Å²) < 4.78 is 14.5. The fourth-order valence-corrected chi connectivity index (χ4v) is 2.81. The van der Waals surface area contributed by atoms with Crippen molar-refractivity contribution in [1.29, 1.82) is 0 Å². The second-order valence-corrected chi connectivity index (χ2v) is 6.65. The molecule has 0 saturated heterocycles. The number of hydrogen-bond acceptors (Lipinski definition) is 7. The van der Waals surface area contributed by atoms with Crippen LogP contribution in [0.15, 0.2) is 12.2 Å². The molecule has 0 aromatic carbocycles. The molecule has 0 aromatic heterocycles. The quantitative estimate of drug-likeness (QED) is 0.584. The highest BCUT2D eigenvalue weighted by Gasteiger charge is 2.49. The molecule has 0 bridgehead atoms. The van der Waals surface area contributed by atoms with Gasteiger partial charge in [-0.3, -0.25) is 19.2 Å². The Hall–Kier alpha value is -2.16.